The lowest BCUT2D eigenvalue weighted by Crippen LogP contribution is -2.23. The van der Waals surface area contributed by atoms with Crippen LogP contribution in [0.25, 0.3) is 0 Å². The monoisotopic (exact) mass is 382 g/mol. The van der Waals surface area contributed by atoms with E-state index in [1.807, 2.05) is 0 Å². The van der Waals surface area contributed by atoms with Gasteiger partial charge in [-0.25, -0.2) is 13.1 Å². The minimum atomic E-state index is -3.31. The molecule has 0 radical (unpaired) electrons. The number of ether oxygens (including phenoxy) is 1. The second kappa shape index (κ2) is 8.33. The summed E-state index contributed by atoms with van der Waals surface area (Å²) in [4.78, 5) is 12.3. The average molecular weight is 383 g/mol. The van der Waals surface area contributed by atoms with Crippen molar-refractivity contribution in [1.29, 1.82) is 0 Å². The second-order valence-corrected chi connectivity index (χ2v) is 7.67. The molecule has 0 unspecified atom stereocenters. The van der Waals surface area contributed by atoms with Crippen molar-refractivity contribution >= 4 is 27.5 Å². The molecule has 6 nitrogen and oxygen atoms in total. The van der Waals surface area contributed by atoms with Gasteiger partial charge in [0.2, 0.25) is 10.0 Å². The maximum absolute atomic E-state index is 12.3. The highest BCUT2D eigenvalue weighted by Gasteiger charge is 2.13. The van der Waals surface area contributed by atoms with E-state index in [2.05, 4.69) is 10.0 Å². The van der Waals surface area contributed by atoms with Gasteiger partial charge in [-0.2, -0.15) is 0 Å². The quantitative estimate of drug-likeness (QED) is 0.769. The van der Waals surface area contributed by atoms with Gasteiger partial charge in [0.15, 0.2) is 0 Å². The van der Waals surface area contributed by atoms with Gasteiger partial charge in [0.1, 0.15) is 5.75 Å². The number of carbonyl (C=O) groups is 1. The molecule has 0 saturated heterocycles. The van der Waals surface area contributed by atoms with Crippen molar-refractivity contribution in [2.75, 3.05) is 14.2 Å². The largest absolute Gasteiger partial charge is 0.496 e. The molecule has 0 atom stereocenters. The van der Waals surface area contributed by atoms with E-state index in [0.717, 1.165) is 5.56 Å². The smallest absolute Gasteiger partial charge is 0.255 e. The SMILES string of the molecule is CNS(=O)(=O)Cc1ccc(CNC(=O)c2cc(Cl)ccc2OC)cc1. The van der Waals surface area contributed by atoms with Crippen molar-refractivity contribution < 1.29 is 17.9 Å². The molecule has 2 rings (SSSR count). The molecule has 1 amide bonds. The Kier molecular flexibility index (Phi) is 6.41. The minimum absolute atomic E-state index is 0.0874. The summed E-state index contributed by atoms with van der Waals surface area (Å²) in [5.74, 6) is 0.0475. The minimum Gasteiger partial charge on any atom is -0.496 e. The number of amides is 1. The first-order chi connectivity index (χ1) is 11.8. The molecular weight excluding hydrogens is 364 g/mol. The first-order valence-corrected chi connectivity index (χ1v) is 9.48. The Morgan fingerprint density at radius 3 is 2.36 bits per heavy atom. The van der Waals surface area contributed by atoms with Crippen LogP contribution in [-0.2, 0) is 22.3 Å². The number of nitrogens with one attached hydrogen (secondary N) is 2. The molecule has 25 heavy (non-hydrogen) atoms. The fourth-order valence-corrected chi connectivity index (χ4v) is 3.13. The van der Waals surface area contributed by atoms with E-state index in [1.54, 1.807) is 42.5 Å². The van der Waals surface area contributed by atoms with Crippen LogP contribution in [0.1, 0.15) is 21.5 Å². The normalized spacial score (nSPS) is 11.2. The third kappa shape index (κ3) is 5.45. The van der Waals surface area contributed by atoms with Gasteiger partial charge in [0.05, 0.1) is 18.4 Å². The highest BCUT2D eigenvalue weighted by atomic mass is 35.5. The fraction of sp³-hybridized carbons (Fsp3) is 0.235. The maximum Gasteiger partial charge on any atom is 0.255 e. The van der Waals surface area contributed by atoms with Gasteiger partial charge in [0.25, 0.3) is 5.91 Å². The lowest BCUT2D eigenvalue weighted by molar-refractivity contribution is 0.0948. The Morgan fingerprint density at radius 2 is 1.76 bits per heavy atom. The molecule has 2 aromatic carbocycles. The van der Waals surface area contributed by atoms with Crippen LogP contribution < -0.4 is 14.8 Å². The summed E-state index contributed by atoms with van der Waals surface area (Å²) in [6.45, 7) is 0.299. The first kappa shape index (κ1) is 19.2. The number of carbonyl (C=O) groups excluding carboxylic acids is 1. The molecule has 0 spiro atoms. The number of sulfonamides is 1. The van der Waals surface area contributed by atoms with Gasteiger partial charge in [-0.05, 0) is 36.4 Å². The Labute approximate surface area is 152 Å². The zero-order chi connectivity index (χ0) is 18.4. The van der Waals surface area contributed by atoms with E-state index in [1.165, 1.54) is 14.2 Å². The van der Waals surface area contributed by atoms with E-state index in [9.17, 15) is 13.2 Å². The van der Waals surface area contributed by atoms with Crippen LogP contribution in [0.4, 0.5) is 0 Å². The van der Waals surface area contributed by atoms with Crippen molar-refractivity contribution in [3.63, 3.8) is 0 Å². The van der Waals surface area contributed by atoms with Gasteiger partial charge >= 0.3 is 0 Å². The van der Waals surface area contributed by atoms with Crippen molar-refractivity contribution in [3.05, 3.63) is 64.2 Å². The number of methoxy groups -OCH3 is 1. The highest BCUT2D eigenvalue weighted by molar-refractivity contribution is 7.88. The van der Waals surface area contributed by atoms with Gasteiger partial charge < -0.3 is 10.1 Å². The Bertz CT molecular complexity index is 851. The van der Waals surface area contributed by atoms with Crippen LogP contribution in [0.15, 0.2) is 42.5 Å². The average Bonchev–Trinajstić information content (AvgIpc) is 2.60. The third-order valence-corrected chi connectivity index (χ3v) is 5.12. The second-order valence-electron chi connectivity index (χ2n) is 5.31. The van der Waals surface area contributed by atoms with E-state index in [0.29, 0.717) is 28.4 Å². The fourth-order valence-electron chi connectivity index (χ4n) is 2.18. The van der Waals surface area contributed by atoms with Crippen LogP contribution in [0.2, 0.25) is 5.02 Å². The molecule has 8 heteroatoms. The molecule has 0 fully saturated rings. The van der Waals surface area contributed by atoms with E-state index in [-0.39, 0.29) is 11.7 Å². The van der Waals surface area contributed by atoms with Gasteiger partial charge in [-0.15, -0.1) is 0 Å². The van der Waals surface area contributed by atoms with E-state index >= 15 is 0 Å². The standard InChI is InChI=1S/C17H19ClN2O4S/c1-19-25(22,23)11-13-5-3-12(4-6-13)10-20-17(21)15-9-14(18)7-8-16(15)24-2/h3-9,19H,10-11H2,1-2H3,(H,20,21). The molecule has 0 bridgehead atoms. The predicted molar refractivity (Wildman–Crippen MR) is 97.3 cm³/mol. The molecule has 0 aliphatic carbocycles. The van der Waals surface area contributed by atoms with Crippen molar-refractivity contribution in [3.8, 4) is 5.75 Å². The van der Waals surface area contributed by atoms with E-state index < -0.39 is 10.0 Å². The summed E-state index contributed by atoms with van der Waals surface area (Å²) >= 11 is 5.93. The van der Waals surface area contributed by atoms with E-state index in [4.69, 9.17) is 16.3 Å². The third-order valence-electron chi connectivity index (χ3n) is 3.55. The van der Waals surface area contributed by atoms with Crippen molar-refractivity contribution in [2.45, 2.75) is 12.3 Å². The molecule has 2 aromatic rings. The lowest BCUT2D eigenvalue weighted by atomic mass is 10.1. The Balaban J connectivity index is 2.02. The Morgan fingerprint density at radius 1 is 1.12 bits per heavy atom. The highest BCUT2D eigenvalue weighted by Crippen LogP contribution is 2.22. The molecule has 134 valence electrons. The Hall–Kier alpha value is -2.09. The molecule has 0 aromatic heterocycles. The number of hydrogen-bond donors (Lipinski definition) is 2. The zero-order valence-electron chi connectivity index (χ0n) is 13.9. The summed E-state index contributed by atoms with van der Waals surface area (Å²) in [6.07, 6.45) is 0. The van der Waals surface area contributed by atoms with Crippen molar-refractivity contribution in [2.24, 2.45) is 0 Å². The number of hydrogen-bond acceptors (Lipinski definition) is 4. The molecule has 0 aliphatic rings. The summed E-state index contributed by atoms with van der Waals surface area (Å²) < 4.78 is 30.5. The number of rotatable bonds is 7. The maximum atomic E-state index is 12.3. The lowest BCUT2D eigenvalue weighted by Gasteiger charge is -2.10. The summed E-state index contributed by atoms with van der Waals surface area (Å²) in [5.41, 5.74) is 1.87. The van der Waals surface area contributed by atoms with Gasteiger partial charge in [-0.3, -0.25) is 4.79 Å². The number of halogens is 1. The van der Waals surface area contributed by atoms with Gasteiger partial charge in [-0.1, -0.05) is 35.9 Å². The predicted octanol–water partition coefficient (Wildman–Crippen LogP) is 2.33. The first-order valence-electron chi connectivity index (χ1n) is 7.45. The molecule has 0 saturated carbocycles. The van der Waals surface area contributed by atoms with Crippen LogP contribution in [-0.4, -0.2) is 28.5 Å². The summed E-state index contributed by atoms with van der Waals surface area (Å²) in [7, 11) is -0.443. The van der Waals surface area contributed by atoms with Crippen LogP contribution in [0.5, 0.6) is 5.75 Å². The molecular formula is C17H19ClN2O4S. The van der Waals surface area contributed by atoms with Crippen molar-refractivity contribution in [1.82, 2.24) is 10.0 Å². The van der Waals surface area contributed by atoms with Gasteiger partial charge in [0, 0.05) is 11.6 Å². The molecule has 0 heterocycles. The summed E-state index contributed by atoms with van der Waals surface area (Å²) in [5, 5.41) is 3.23. The van der Waals surface area contributed by atoms with Crippen LogP contribution in [0, 0.1) is 0 Å². The van der Waals surface area contributed by atoms with Crippen LogP contribution >= 0.6 is 11.6 Å². The topological polar surface area (TPSA) is 84.5 Å². The zero-order valence-corrected chi connectivity index (χ0v) is 15.4. The molecule has 0 aliphatic heterocycles. The summed E-state index contributed by atoms with van der Waals surface area (Å²) in [6, 6.07) is 11.8. The van der Waals surface area contributed by atoms with Crippen LogP contribution in [0.3, 0.4) is 0 Å². The molecule has 2 N–H and O–H groups in total. The number of benzene rings is 2.